The first-order valence-corrected chi connectivity index (χ1v) is 11.3. The quantitative estimate of drug-likeness (QED) is 0.626. The number of piperidine rings is 1. The fourth-order valence-electron chi connectivity index (χ4n) is 5.26. The Kier molecular flexibility index (Phi) is 5.40. The minimum Gasteiger partial charge on any atom is -0.361 e. The first-order chi connectivity index (χ1) is 14.3. The molecule has 0 spiro atoms. The Morgan fingerprint density at radius 1 is 1.07 bits per heavy atom. The molecule has 1 saturated carbocycles. The summed E-state index contributed by atoms with van der Waals surface area (Å²) in [6.07, 6.45) is 16.4. The number of fused-ring (bicyclic) bond motifs is 1. The molecule has 2 aromatic heterocycles. The summed E-state index contributed by atoms with van der Waals surface area (Å²) in [6.45, 7) is 3.33. The summed E-state index contributed by atoms with van der Waals surface area (Å²) in [7, 11) is 0. The number of nitrogens with one attached hydrogen (secondary N) is 1. The van der Waals surface area contributed by atoms with Crippen molar-refractivity contribution in [1.29, 1.82) is 0 Å². The van der Waals surface area contributed by atoms with E-state index in [2.05, 4.69) is 38.3 Å². The number of halogens is 1. The van der Waals surface area contributed by atoms with Crippen LogP contribution < -0.4 is 0 Å². The van der Waals surface area contributed by atoms with Gasteiger partial charge in [0.1, 0.15) is 5.82 Å². The molecule has 1 aliphatic carbocycles. The largest absolute Gasteiger partial charge is 0.361 e. The number of aromatic nitrogens is 3. The summed E-state index contributed by atoms with van der Waals surface area (Å²) in [4.78, 5) is 5.88. The standard InChI is InChI=1S/C24H31FN4/c25-20-6-7-24-22(14-20)23(16-26-24)19-9-12-28(13-10-19)11-8-18-15-27-29(17-18)21-4-2-1-3-5-21/h6-7,14-17,19,21,26H,1-5,8-13H2. The van der Waals surface area contributed by atoms with Crippen LogP contribution in [0.1, 0.15) is 68.0 Å². The Labute approximate surface area is 172 Å². The monoisotopic (exact) mass is 394 g/mol. The average Bonchev–Trinajstić information content (AvgIpc) is 3.40. The second-order valence-corrected chi connectivity index (χ2v) is 8.92. The van der Waals surface area contributed by atoms with Crippen LogP contribution in [0, 0.1) is 5.82 Å². The van der Waals surface area contributed by atoms with Gasteiger partial charge >= 0.3 is 0 Å². The number of H-pyrrole nitrogens is 1. The van der Waals surface area contributed by atoms with Crippen LogP contribution in [0.2, 0.25) is 0 Å². The van der Waals surface area contributed by atoms with Crippen molar-refractivity contribution in [2.24, 2.45) is 0 Å². The highest BCUT2D eigenvalue weighted by atomic mass is 19.1. The molecule has 1 aliphatic heterocycles. The number of nitrogens with zero attached hydrogens (tertiary/aromatic N) is 3. The van der Waals surface area contributed by atoms with E-state index in [9.17, 15) is 4.39 Å². The van der Waals surface area contributed by atoms with Gasteiger partial charge in [-0.2, -0.15) is 5.10 Å². The molecule has 0 unspecified atom stereocenters. The molecule has 154 valence electrons. The summed E-state index contributed by atoms with van der Waals surface area (Å²) in [5.41, 5.74) is 3.69. The molecule has 0 bridgehead atoms. The second kappa shape index (κ2) is 8.31. The van der Waals surface area contributed by atoms with E-state index in [1.165, 1.54) is 49.3 Å². The lowest BCUT2D eigenvalue weighted by Crippen LogP contribution is -2.34. The zero-order valence-electron chi connectivity index (χ0n) is 17.1. The maximum Gasteiger partial charge on any atom is 0.123 e. The third kappa shape index (κ3) is 4.11. The molecule has 0 radical (unpaired) electrons. The van der Waals surface area contributed by atoms with E-state index in [1.54, 1.807) is 6.07 Å². The van der Waals surface area contributed by atoms with Gasteiger partial charge in [-0.05, 0) is 80.4 Å². The number of rotatable bonds is 5. The molecule has 4 nitrogen and oxygen atoms in total. The van der Waals surface area contributed by atoms with E-state index >= 15 is 0 Å². The van der Waals surface area contributed by atoms with E-state index in [0.29, 0.717) is 12.0 Å². The van der Waals surface area contributed by atoms with Crippen LogP contribution in [0.4, 0.5) is 4.39 Å². The lowest BCUT2D eigenvalue weighted by molar-refractivity contribution is 0.215. The maximum atomic E-state index is 13.7. The van der Waals surface area contributed by atoms with E-state index in [1.807, 2.05) is 6.07 Å². The van der Waals surface area contributed by atoms with E-state index in [-0.39, 0.29) is 5.82 Å². The zero-order valence-corrected chi connectivity index (χ0v) is 17.1. The van der Waals surface area contributed by atoms with Crippen molar-refractivity contribution in [3.05, 3.63) is 53.7 Å². The predicted molar refractivity (Wildman–Crippen MR) is 115 cm³/mol. The van der Waals surface area contributed by atoms with Crippen LogP contribution >= 0.6 is 0 Å². The van der Waals surface area contributed by atoms with Crippen molar-refractivity contribution in [2.75, 3.05) is 19.6 Å². The highest BCUT2D eigenvalue weighted by Gasteiger charge is 2.23. The number of aromatic amines is 1. The third-order valence-corrected chi connectivity index (χ3v) is 7.02. The van der Waals surface area contributed by atoms with Crippen LogP contribution in [-0.2, 0) is 6.42 Å². The SMILES string of the molecule is Fc1ccc2[nH]cc(C3CCN(CCc4cnn(C5CCCCC5)c4)CC3)c2c1. The molecule has 29 heavy (non-hydrogen) atoms. The van der Waals surface area contributed by atoms with E-state index in [0.717, 1.165) is 49.8 Å². The molecule has 0 amide bonds. The average molecular weight is 395 g/mol. The minimum atomic E-state index is -0.149. The number of benzene rings is 1. The molecule has 2 aliphatic rings. The van der Waals surface area contributed by atoms with Gasteiger partial charge in [0.2, 0.25) is 0 Å². The van der Waals surface area contributed by atoms with Crippen LogP contribution in [0.25, 0.3) is 10.9 Å². The lowest BCUT2D eigenvalue weighted by Gasteiger charge is -2.31. The van der Waals surface area contributed by atoms with E-state index in [4.69, 9.17) is 0 Å². The summed E-state index contributed by atoms with van der Waals surface area (Å²) in [6, 6.07) is 5.67. The molecule has 1 aromatic carbocycles. The van der Waals surface area contributed by atoms with Gasteiger partial charge in [-0.1, -0.05) is 19.3 Å². The molecular formula is C24H31FN4. The molecule has 1 N–H and O–H groups in total. The topological polar surface area (TPSA) is 36.9 Å². The molecule has 3 heterocycles. The number of likely N-dealkylation sites (tertiary alicyclic amines) is 1. The van der Waals surface area contributed by atoms with Crippen LogP contribution in [0.15, 0.2) is 36.8 Å². The molecule has 5 heteroatoms. The molecular weight excluding hydrogens is 363 g/mol. The first kappa shape index (κ1) is 18.9. The summed E-state index contributed by atoms with van der Waals surface area (Å²) in [5.74, 6) is 0.375. The first-order valence-electron chi connectivity index (χ1n) is 11.3. The van der Waals surface area contributed by atoms with Gasteiger partial charge in [0.05, 0.1) is 12.2 Å². The van der Waals surface area contributed by atoms with Crippen molar-refractivity contribution in [3.63, 3.8) is 0 Å². The highest BCUT2D eigenvalue weighted by molar-refractivity contribution is 5.83. The molecule has 3 aromatic rings. The van der Waals surface area contributed by atoms with E-state index < -0.39 is 0 Å². The van der Waals surface area contributed by atoms with Crippen molar-refractivity contribution >= 4 is 10.9 Å². The Bertz CT molecular complexity index is 945. The second-order valence-electron chi connectivity index (χ2n) is 8.92. The molecule has 2 fully saturated rings. The summed E-state index contributed by atoms with van der Waals surface area (Å²) in [5, 5.41) is 5.70. The summed E-state index contributed by atoms with van der Waals surface area (Å²) < 4.78 is 15.9. The number of hydrogen-bond acceptors (Lipinski definition) is 2. The van der Waals surface area contributed by atoms with Gasteiger partial charge in [0.25, 0.3) is 0 Å². The fraction of sp³-hybridized carbons (Fsp3) is 0.542. The van der Waals surface area contributed by atoms with Crippen molar-refractivity contribution in [2.45, 2.75) is 63.3 Å². The molecule has 0 atom stereocenters. The van der Waals surface area contributed by atoms with Crippen LogP contribution in [0.3, 0.4) is 0 Å². The van der Waals surface area contributed by atoms with Crippen LogP contribution in [0.5, 0.6) is 0 Å². The maximum absolute atomic E-state index is 13.7. The van der Waals surface area contributed by atoms with Gasteiger partial charge in [-0.15, -0.1) is 0 Å². The lowest BCUT2D eigenvalue weighted by atomic mass is 9.89. The van der Waals surface area contributed by atoms with Crippen molar-refractivity contribution < 1.29 is 4.39 Å². The smallest absolute Gasteiger partial charge is 0.123 e. The van der Waals surface area contributed by atoms with Crippen molar-refractivity contribution in [1.82, 2.24) is 19.7 Å². The Balaban J connectivity index is 1.14. The predicted octanol–water partition coefficient (Wildman–Crippen LogP) is 5.43. The van der Waals surface area contributed by atoms with Gasteiger partial charge in [0.15, 0.2) is 0 Å². The van der Waals surface area contributed by atoms with Gasteiger partial charge in [-0.3, -0.25) is 4.68 Å². The normalized spacial score (nSPS) is 19.9. The summed E-state index contributed by atoms with van der Waals surface area (Å²) >= 11 is 0. The minimum absolute atomic E-state index is 0.149. The van der Waals surface area contributed by atoms with Gasteiger partial charge < -0.3 is 9.88 Å². The fourth-order valence-corrected chi connectivity index (χ4v) is 5.26. The van der Waals surface area contributed by atoms with Crippen LogP contribution in [-0.4, -0.2) is 39.3 Å². The molecule has 5 rings (SSSR count). The van der Waals surface area contributed by atoms with Gasteiger partial charge in [-0.25, -0.2) is 4.39 Å². The number of hydrogen-bond donors (Lipinski definition) is 1. The molecule has 1 saturated heterocycles. The Hall–Kier alpha value is -2.14. The van der Waals surface area contributed by atoms with Gasteiger partial charge in [0, 0.05) is 29.8 Å². The third-order valence-electron chi connectivity index (χ3n) is 7.02. The Morgan fingerprint density at radius 2 is 1.90 bits per heavy atom. The Morgan fingerprint density at radius 3 is 2.72 bits per heavy atom. The van der Waals surface area contributed by atoms with Crippen molar-refractivity contribution in [3.8, 4) is 0 Å². The zero-order chi connectivity index (χ0) is 19.6. The highest BCUT2D eigenvalue weighted by Crippen LogP contribution is 2.33.